The van der Waals surface area contributed by atoms with E-state index in [4.69, 9.17) is 6.42 Å². The number of benzene rings is 1. The second-order valence-electron chi connectivity index (χ2n) is 5.08. The molecule has 112 valence electrons. The van der Waals surface area contributed by atoms with Crippen molar-refractivity contribution in [1.82, 2.24) is 24.5 Å². The maximum atomic E-state index is 12.4. The molecule has 0 unspecified atom stereocenters. The van der Waals surface area contributed by atoms with Gasteiger partial charge in [-0.1, -0.05) is 24.1 Å². The average Bonchev–Trinajstić information content (AvgIpc) is 3.15. The number of para-hydroxylation sites is 1. The quantitative estimate of drug-likeness (QED) is 0.485. The number of rotatable bonds is 2. The minimum atomic E-state index is -0.572. The molecule has 0 atom stereocenters. The predicted octanol–water partition coefficient (Wildman–Crippen LogP) is 1.19. The van der Waals surface area contributed by atoms with Crippen molar-refractivity contribution in [3.8, 4) is 23.7 Å². The Morgan fingerprint density at radius 3 is 2.87 bits per heavy atom. The molecule has 0 aliphatic carbocycles. The Balaban J connectivity index is 2.00. The molecule has 7 nitrogen and oxygen atoms in total. The summed E-state index contributed by atoms with van der Waals surface area (Å²) < 4.78 is 0.958. The first-order valence-corrected chi connectivity index (χ1v) is 6.92. The maximum Gasteiger partial charge on any atom is 0.330 e. The highest BCUT2D eigenvalue weighted by Gasteiger charge is 2.14. The van der Waals surface area contributed by atoms with Crippen LogP contribution in [0.3, 0.4) is 0 Å². The molecular weight excluding hydrogens is 294 g/mol. The van der Waals surface area contributed by atoms with Crippen molar-refractivity contribution in [2.45, 2.75) is 6.54 Å². The molecule has 0 aliphatic rings. The summed E-state index contributed by atoms with van der Waals surface area (Å²) >= 11 is 0. The molecule has 3 aromatic heterocycles. The van der Waals surface area contributed by atoms with Gasteiger partial charge in [-0.3, -0.25) is 9.78 Å². The lowest BCUT2D eigenvalue weighted by Crippen LogP contribution is -2.34. The largest absolute Gasteiger partial charge is 0.360 e. The van der Waals surface area contributed by atoms with E-state index in [1.807, 2.05) is 24.3 Å². The molecule has 7 heteroatoms. The van der Waals surface area contributed by atoms with Crippen LogP contribution < -0.4 is 11.2 Å². The average molecular weight is 305 g/mol. The summed E-state index contributed by atoms with van der Waals surface area (Å²) in [5, 5.41) is 0.970. The molecule has 0 bridgehead atoms. The molecule has 0 amide bonds. The predicted molar refractivity (Wildman–Crippen MR) is 87.1 cm³/mol. The van der Waals surface area contributed by atoms with E-state index in [2.05, 4.69) is 25.9 Å². The monoisotopic (exact) mass is 305 g/mol. The first-order valence-electron chi connectivity index (χ1n) is 6.92. The Morgan fingerprint density at radius 2 is 2.04 bits per heavy atom. The summed E-state index contributed by atoms with van der Waals surface area (Å²) in [4.78, 5) is 37.3. The number of H-pyrrole nitrogens is 3. The molecular formula is C16H11N5O2. The van der Waals surface area contributed by atoms with E-state index in [-0.39, 0.29) is 17.7 Å². The van der Waals surface area contributed by atoms with Crippen LogP contribution in [-0.2, 0) is 6.54 Å². The van der Waals surface area contributed by atoms with E-state index in [9.17, 15) is 9.59 Å². The van der Waals surface area contributed by atoms with Gasteiger partial charge in [0.05, 0.1) is 6.54 Å². The fraction of sp³-hybridized carbons (Fsp3) is 0.0625. The zero-order valence-electron chi connectivity index (χ0n) is 11.9. The highest BCUT2D eigenvalue weighted by atomic mass is 16.2. The van der Waals surface area contributed by atoms with Crippen LogP contribution in [-0.4, -0.2) is 24.5 Å². The van der Waals surface area contributed by atoms with Crippen molar-refractivity contribution >= 4 is 22.1 Å². The lowest BCUT2D eigenvalue weighted by Gasteiger charge is -1.97. The second-order valence-corrected chi connectivity index (χ2v) is 5.08. The number of terminal acetylenes is 1. The third-order valence-corrected chi connectivity index (χ3v) is 3.73. The fourth-order valence-corrected chi connectivity index (χ4v) is 2.64. The van der Waals surface area contributed by atoms with Crippen molar-refractivity contribution in [2.24, 2.45) is 0 Å². The molecule has 4 rings (SSSR count). The number of imidazole rings is 1. The molecule has 3 heterocycles. The lowest BCUT2D eigenvalue weighted by atomic mass is 10.2. The summed E-state index contributed by atoms with van der Waals surface area (Å²) in [6.45, 7) is -0.0917. The summed E-state index contributed by atoms with van der Waals surface area (Å²) in [5.41, 5.74) is 1.16. The zero-order chi connectivity index (χ0) is 16.0. The molecule has 4 aromatic rings. The van der Waals surface area contributed by atoms with Crippen LogP contribution >= 0.6 is 0 Å². The Kier molecular flexibility index (Phi) is 2.71. The van der Waals surface area contributed by atoms with E-state index in [0.717, 1.165) is 21.0 Å². The van der Waals surface area contributed by atoms with Gasteiger partial charge in [-0.15, -0.1) is 6.42 Å². The summed E-state index contributed by atoms with van der Waals surface area (Å²) in [6.07, 6.45) is 7.00. The molecule has 3 N–H and O–H groups in total. The van der Waals surface area contributed by atoms with Gasteiger partial charge < -0.3 is 9.97 Å². The van der Waals surface area contributed by atoms with Crippen LogP contribution in [0.5, 0.6) is 0 Å². The molecule has 0 spiro atoms. The van der Waals surface area contributed by atoms with Crippen LogP contribution in [0.2, 0.25) is 0 Å². The van der Waals surface area contributed by atoms with Gasteiger partial charge in [-0.05, 0) is 6.07 Å². The van der Waals surface area contributed by atoms with Gasteiger partial charge in [-0.2, -0.15) is 0 Å². The number of fused-ring (bicyclic) bond motifs is 2. The first-order chi connectivity index (χ1) is 11.2. The third kappa shape index (κ3) is 1.89. The molecule has 0 fully saturated rings. The number of hydrogen-bond donors (Lipinski definition) is 3. The smallest absolute Gasteiger partial charge is 0.330 e. The van der Waals surface area contributed by atoms with Gasteiger partial charge in [0.2, 0.25) is 0 Å². The maximum absolute atomic E-state index is 12.4. The Labute approximate surface area is 129 Å². The number of nitrogens with zero attached hydrogens (tertiary/aromatic N) is 2. The van der Waals surface area contributed by atoms with Gasteiger partial charge >= 0.3 is 5.69 Å². The Bertz CT molecular complexity index is 1200. The number of aromatic nitrogens is 5. The van der Waals surface area contributed by atoms with E-state index in [1.54, 1.807) is 6.20 Å². The number of aromatic amines is 3. The summed E-state index contributed by atoms with van der Waals surface area (Å²) in [5.74, 6) is 2.80. The van der Waals surface area contributed by atoms with E-state index >= 15 is 0 Å². The van der Waals surface area contributed by atoms with Crippen LogP contribution in [0.1, 0.15) is 0 Å². The fourth-order valence-electron chi connectivity index (χ4n) is 2.64. The first kappa shape index (κ1) is 13.2. The van der Waals surface area contributed by atoms with Crippen LogP contribution in [0.15, 0.2) is 40.1 Å². The van der Waals surface area contributed by atoms with Gasteiger partial charge in [0.15, 0.2) is 5.65 Å². The Hall–Kier alpha value is -3.53. The van der Waals surface area contributed by atoms with Crippen LogP contribution in [0, 0.1) is 12.3 Å². The molecule has 0 radical (unpaired) electrons. The number of nitrogens with one attached hydrogen (secondary N) is 3. The topological polar surface area (TPSA) is 99.3 Å². The molecule has 0 aliphatic heterocycles. The van der Waals surface area contributed by atoms with E-state index < -0.39 is 11.2 Å². The van der Waals surface area contributed by atoms with E-state index in [1.165, 1.54) is 0 Å². The highest BCUT2D eigenvalue weighted by molar-refractivity contribution is 5.94. The summed E-state index contributed by atoms with van der Waals surface area (Å²) in [6, 6.07) is 7.75. The second kappa shape index (κ2) is 4.74. The zero-order valence-corrected chi connectivity index (χ0v) is 11.9. The lowest BCUT2D eigenvalue weighted by molar-refractivity contribution is 0.739. The normalized spacial score (nSPS) is 11.1. The minimum absolute atomic E-state index is 0.0917. The third-order valence-electron chi connectivity index (χ3n) is 3.73. The van der Waals surface area contributed by atoms with Gasteiger partial charge in [0.1, 0.15) is 11.3 Å². The van der Waals surface area contributed by atoms with Crippen molar-refractivity contribution in [3.05, 3.63) is 51.3 Å². The van der Waals surface area contributed by atoms with Crippen molar-refractivity contribution in [2.75, 3.05) is 0 Å². The minimum Gasteiger partial charge on any atom is -0.360 e. The standard InChI is InChI=1S/C16H11N5O2/c1-2-7-21-15(22)12-14(20-16(21)23)19-13(18-12)10-8-17-11-6-4-3-5-9(10)11/h1,3-6,8,17H,7H2,(H,18,19)(H,20,23). The van der Waals surface area contributed by atoms with E-state index in [0.29, 0.717) is 5.82 Å². The highest BCUT2D eigenvalue weighted by Crippen LogP contribution is 2.26. The van der Waals surface area contributed by atoms with Crippen molar-refractivity contribution in [3.63, 3.8) is 0 Å². The molecule has 23 heavy (non-hydrogen) atoms. The van der Waals surface area contributed by atoms with Crippen molar-refractivity contribution in [1.29, 1.82) is 0 Å². The van der Waals surface area contributed by atoms with Gasteiger partial charge in [0.25, 0.3) is 5.56 Å². The van der Waals surface area contributed by atoms with Crippen molar-refractivity contribution < 1.29 is 0 Å². The molecule has 0 saturated heterocycles. The van der Waals surface area contributed by atoms with Crippen LogP contribution in [0.4, 0.5) is 0 Å². The van der Waals surface area contributed by atoms with Gasteiger partial charge in [-0.25, -0.2) is 14.3 Å². The summed E-state index contributed by atoms with van der Waals surface area (Å²) in [7, 11) is 0. The SMILES string of the molecule is C#CCn1c(=O)[nH]c2nc(-c3c[nH]c4ccccc34)[nH]c2c1=O. The number of hydrogen-bond acceptors (Lipinski definition) is 3. The molecule has 1 aromatic carbocycles. The molecule has 0 saturated carbocycles. The van der Waals surface area contributed by atoms with Gasteiger partial charge in [0, 0.05) is 22.7 Å². The Morgan fingerprint density at radius 1 is 1.22 bits per heavy atom. The van der Waals surface area contributed by atoms with Crippen LogP contribution in [0.25, 0.3) is 33.5 Å².